The van der Waals surface area contributed by atoms with Gasteiger partial charge in [-0.05, 0) is 49.1 Å². The number of urea groups is 1. The second-order valence-electron chi connectivity index (χ2n) is 6.61. The lowest BCUT2D eigenvalue weighted by molar-refractivity contribution is -0.0157. The fraction of sp³-hybridized carbons (Fsp3) is 0.350. The minimum Gasteiger partial charge on any atom is -0.495 e. The zero-order valence-electron chi connectivity index (χ0n) is 15.0. The monoisotopic (exact) mass is 358 g/mol. The highest BCUT2D eigenvalue weighted by Gasteiger charge is 2.35. The van der Waals surface area contributed by atoms with Crippen molar-refractivity contribution in [3.63, 3.8) is 0 Å². The quantitative estimate of drug-likeness (QED) is 0.880. The molecule has 6 heteroatoms. The van der Waals surface area contributed by atoms with Gasteiger partial charge in [0.05, 0.1) is 18.4 Å². The molecule has 3 rings (SSSR count). The molecule has 1 aliphatic rings. The molecule has 2 N–H and O–H groups in total. The van der Waals surface area contributed by atoms with Gasteiger partial charge in [0.1, 0.15) is 11.6 Å². The summed E-state index contributed by atoms with van der Waals surface area (Å²) in [4.78, 5) is 14.3. The van der Waals surface area contributed by atoms with Crippen molar-refractivity contribution in [1.82, 2.24) is 4.90 Å². The van der Waals surface area contributed by atoms with Crippen LogP contribution in [0.15, 0.2) is 42.5 Å². The number of methoxy groups -OCH3 is 1. The topological polar surface area (TPSA) is 61.8 Å². The van der Waals surface area contributed by atoms with E-state index in [4.69, 9.17) is 4.74 Å². The molecule has 0 bridgehead atoms. The smallest absolute Gasteiger partial charge is 0.321 e. The molecule has 138 valence electrons. The van der Waals surface area contributed by atoms with E-state index in [1.54, 1.807) is 30.2 Å². The molecule has 1 saturated heterocycles. The van der Waals surface area contributed by atoms with Gasteiger partial charge < -0.3 is 20.1 Å². The van der Waals surface area contributed by atoms with Crippen LogP contribution >= 0.6 is 0 Å². The largest absolute Gasteiger partial charge is 0.495 e. The molecule has 2 amide bonds. The summed E-state index contributed by atoms with van der Waals surface area (Å²) in [7, 11) is 1.56. The predicted octanol–water partition coefficient (Wildman–Crippen LogP) is 3.66. The number of aryl methyl sites for hydroxylation is 1. The van der Waals surface area contributed by atoms with Crippen LogP contribution in [0.2, 0.25) is 0 Å². The Bertz CT molecular complexity index is 784. The van der Waals surface area contributed by atoms with Gasteiger partial charge >= 0.3 is 6.03 Å². The number of rotatable bonds is 3. The number of nitrogens with zero attached hydrogens (tertiary/aromatic N) is 1. The summed E-state index contributed by atoms with van der Waals surface area (Å²) in [5.41, 5.74) is 1.21. The number of carbonyl (C=O) groups excluding carboxylic acids is 1. The van der Waals surface area contributed by atoms with E-state index in [1.807, 2.05) is 19.1 Å². The molecule has 5 nitrogen and oxygen atoms in total. The summed E-state index contributed by atoms with van der Waals surface area (Å²) < 4.78 is 18.4. The highest BCUT2D eigenvalue weighted by Crippen LogP contribution is 2.34. The lowest BCUT2D eigenvalue weighted by Gasteiger charge is -2.38. The first kappa shape index (κ1) is 18.2. The Hall–Kier alpha value is -2.60. The lowest BCUT2D eigenvalue weighted by Crippen LogP contribution is -2.46. The second kappa shape index (κ2) is 7.33. The molecule has 2 aromatic carbocycles. The van der Waals surface area contributed by atoms with Crippen LogP contribution in [0.3, 0.4) is 0 Å². The molecule has 1 aliphatic heterocycles. The van der Waals surface area contributed by atoms with Gasteiger partial charge in [0.2, 0.25) is 0 Å². The Balaban J connectivity index is 1.66. The van der Waals surface area contributed by atoms with Gasteiger partial charge in [-0.3, -0.25) is 0 Å². The molecular formula is C20H23FN2O3. The molecule has 0 spiro atoms. The molecule has 0 aromatic heterocycles. The molecule has 1 fully saturated rings. The molecule has 0 unspecified atom stereocenters. The van der Waals surface area contributed by atoms with Gasteiger partial charge in [0.15, 0.2) is 0 Å². The Labute approximate surface area is 152 Å². The van der Waals surface area contributed by atoms with Crippen LogP contribution in [-0.2, 0) is 5.60 Å². The average molecular weight is 358 g/mol. The van der Waals surface area contributed by atoms with E-state index in [1.165, 1.54) is 12.1 Å². The first-order valence-corrected chi connectivity index (χ1v) is 8.61. The highest BCUT2D eigenvalue weighted by molar-refractivity contribution is 5.92. The van der Waals surface area contributed by atoms with Crippen LogP contribution in [-0.4, -0.2) is 36.2 Å². The summed E-state index contributed by atoms with van der Waals surface area (Å²) in [5, 5.41) is 13.8. The third kappa shape index (κ3) is 3.65. The number of amides is 2. The average Bonchev–Trinajstić information content (AvgIpc) is 2.64. The van der Waals surface area contributed by atoms with Crippen molar-refractivity contribution >= 4 is 11.7 Å². The predicted molar refractivity (Wildman–Crippen MR) is 97.9 cm³/mol. The Morgan fingerprint density at radius 2 is 1.85 bits per heavy atom. The van der Waals surface area contributed by atoms with Crippen molar-refractivity contribution in [1.29, 1.82) is 0 Å². The molecule has 0 radical (unpaired) electrons. The lowest BCUT2D eigenvalue weighted by atomic mass is 9.84. The fourth-order valence-corrected chi connectivity index (χ4v) is 3.29. The van der Waals surface area contributed by atoms with Crippen molar-refractivity contribution in [3.05, 3.63) is 59.4 Å². The maximum Gasteiger partial charge on any atom is 0.321 e. The molecule has 1 heterocycles. The zero-order valence-corrected chi connectivity index (χ0v) is 15.0. The number of para-hydroxylation sites is 1. The summed E-state index contributed by atoms with van der Waals surface area (Å²) in [6.45, 7) is 2.73. The zero-order chi connectivity index (χ0) is 18.7. The Kier molecular flexibility index (Phi) is 5.13. The third-order valence-electron chi connectivity index (χ3n) is 4.95. The molecule has 0 aliphatic carbocycles. The van der Waals surface area contributed by atoms with Crippen molar-refractivity contribution in [2.45, 2.75) is 25.4 Å². The number of carbonyl (C=O) groups is 1. The minimum absolute atomic E-state index is 0.223. The molecule has 2 aromatic rings. The van der Waals surface area contributed by atoms with Gasteiger partial charge in [-0.15, -0.1) is 0 Å². The van der Waals surface area contributed by atoms with Gasteiger partial charge in [-0.1, -0.05) is 24.3 Å². The van der Waals surface area contributed by atoms with Crippen molar-refractivity contribution in [3.8, 4) is 5.75 Å². The number of likely N-dealkylation sites (tertiary alicyclic amines) is 1. The number of ether oxygens (including phenoxy) is 1. The second-order valence-corrected chi connectivity index (χ2v) is 6.61. The number of hydrogen-bond acceptors (Lipinski definition) is 3. The van der Waals surface area contributed by atoms with Crippen LogP contribution in [0.25, 0.3) is 0 Å². The molecule has 26 heavy (non-hydrogen) atoms. The van der Waals surface area contributed by atoms with E-state index in [9.17, 15) is 14.3 Å². The standard InChI is InChI=1S/C20H23FN2O3/c1-14-4-3-5-17(26-2)18(14)22-19(24)23-12-10-20(25,11-13-23)15-6-8-16(21)9-7-15/h3-9,25H,10-13H2,1-2H3,(H,22,24). The van der Waals surface area contributed by atoms with E-state index in [0.717, 1.165) is 5.56 Å². The Morgan fingerprint density at radius 3 is 2.46 bits per heavy atom. The SMILES string of the molecule is COc1cccc(C)c1NC(=O)N1CCC(O)(c2ccc(F)cc2)CC1. The number of halogens is 1. The molecular weight excluding hydrogens is 335 g/mol. The minimum atomic E-state index is -1.04. The van der Waals surface area contributed by atoms with Gasteiger partial charge in [0, 0.05) is 13.1 Å². The van der Waals surface area contributed by atoms with Crippen LogP contribution < -0.4 is 10.1 Å². The van der Waals surface area contributed by atoms with E-state index >= 15 is 0 Å². The van der Waals surface area contributed by atoms with Gasteiger partial charge in [-0.25, -0.2) is 9.18 Å². The summed E-state index contributed by atoms with van der Waals surface area (Å²) in [6, 6.07) is 11.2. The normalized spacial score (nSPS) is 16.2. The third-order valence-corrected chi connectivity index (χ3v) is 4.95. The number of piperidine rings is 1. The number of aliphatic hydroxyl groups is 1. The fourth-order valence-electron chi connectivity index (χ4n) is 3.29. The number of benzene rings is 2. The van der Waals surface area contributed by atoms with Crippen LogP contribution in [0.1, 0.15) is 24.0 Å². The number of nitrogens with one attached hydrogen (secondary N) is 1. The van der Waals surface area contributed by atoms with Crippen molar-refractivity contribution in [2.24, 2.45) is 0 Å². The van der Waals surface area contributed by atoms with Crippen molar-refractivity contribution in [2.75, 3.05) is 25.5 Å². The van der Waals surface area contributed by atoms with Gasteiger partial charge in [0.25, 0.3) is 0 Å². The van der Waals surface area contributed by atoms with E-state index in [2.05, 4.69) is 5.32 Å². The van der Waals surface area contributed by atoms with Crippen molar-refractivity contribution < 1.29 is 19.0 Å². The number of hydrogen-bond donors (Lipinski definition) is 2. The van der Waals surface area contributed by atoms with E-state index < -0.39 is 5.60 Å². The Morgan fingerprint density at radius 1 is 1.19 bits per heavy atom. The first-order chi connectivity index (χ1) is 12.4. The highest BCUT2D eigenvalue weighted by atomic mass is 19.1. The molecule has 0 saturated carbocycles. The van der Waals surface area contributed by atoms with Crippen LogP contribution in [0.4, 0.5) is 14.9 Å². The van der Waals surface area contributed by atoms with E-state index in [0.29, 0.717) is 42.9 Å². The maximum atomic E-state index is 13.1. The van der Waals surface area contributed by atoms with Crippen LogP contribution in [0.5, 0.6) is 5.75 Å². The van der Waals surface area contributed by atoms with Crippen LogP contribution in [0, 0.1) is 12.7 Å². The summed E-state index contributed by atoms with van der Waals surface area (Å²) >= 11 is 0. The van der Waals surface area contributed by atoms with Gasteiger partial charge in [-0.2, -0.15) is 0 Å². The maximum absolute atomic E-state index is 13.1. The molecule has 0 atom stereocenters. The van der Waals surface area contributed by atoms with E-state index in [-0.39, 0.29) is 11.8 Å². The summed E-state index contributed by atoms with van der Waals surface area (Å²) in [5.74, 6) is 0.277. The number of anilines is 1. The first-order valence-electron chi connectivity index (χ1n) is 8.61. The summed E-state index contributed by atoms with van der Waals surface area (Å²) in [6.07, 6.45) is 0.800.